The first kappa shape index (κ1) is 22.7. The summed E-state index contributed by atoms with van der Waals surface area (Å²) < 4.78 is 0. The van der Waals surface area contributed by atoms with Gasteiger partial charge in [-0.15, -0.1) is 11.3 Å². The number of imide groups is 1. The summed E-state index contributed by atoms with van der Waals surface area (Å²) in [6, 6.07) is 17.7. The molecular formula is C27H30N4O2S. The van der Waals surface area contributed by atoms with Crippen molar-refractivity contribution in [3.63, 3.8) is 0 Å². The van der Waals surface area contributed by atoms with E-state index in [0.29, 0.717) is 19.4 Å². The van der Waals surface area contributed by atoms with Crippen LogP contribution in [-0.2, 0) is 24.3 Å². The SMILES string of the molecule is Cc1ccsc1CN1CCC2(CC1)C(=O)N(Cc1ccccn1)C(=O)N2CCc1ccccc1. The van der Waals surface area contributed by atoms with Crippen molar-refractivity contribution >= 4 is 23.3 Å². The first-order valence-electron chi connectivity index (χ1n) is 11.9. The number of aromatic nitrogens is 1. The molecule has 2 aliphatic rings. The normalized spacial score (nSPS) is 18.3. The second-order valence-electron chi connectivity index (χ2n) is 9.22. The quantitative estimate of drug-likeness (QED) is 0.474. The van der Waals surface area contributed by atoms with Gasteiger partial charge >= 0.3 is 6.03 Å². The predicted molar refractivity (Wildman–Crippen MR) is 133 cm³/mol. The van der Waals surface area contributed by atoms with Crippen molar-refractivity contribution in [1.82, 2.24) is 19.7 Å². The van der Waals surface area contributed by atoms with Crippen molar-refractivity contribution in [2.24, 2.45) is 0 Å². The number of nitrogens with zero attached hydrogens (tertiary/aromatic N) is 4. The molecule has 4 heterocycles. The zero-order valence-corrected chi connectivity index (χ0v) is 20.3. The lowest BCUT2D eigenvalue weighted by molar-refractivity contribution is -0.136. The molecule has 176 valence electrons. The predicted octanol–water partition coefficient (Wildman–Crippen LogP) is 4.49. The Morgan fingerprint density at radius 2 is 1.74 bits per heavy atom. The molecule has 6 nitrogen and oxygen atoms in total. The summed E-state index contributed by atoms with van der Waals surface area (Å²) in [4.78, 5) is 38.8. The Labute approximate surface area is 204 Å². The zero-order chi connectivity index (χ0) is 23.5. The highest BCUT2D eigenvalue weighted by molar-refractivity contribution is 7.10. The van der Waals surface area contributed by atoms with Crippen molar-refractivity contribution in [2.45, 2.75) is 44.8 Å². The average molecular weight is 475 g/mol. The standard InChI is InChI=1S/C27H30N4O2S/c1-21-11-18-34-24(21)20-29-16-12-27(13-17-29)25(32)30(19-23-9-5-6-14-28-23)26(33)31(27)15-10-22-7-3-2-4-8-22/h2-9,11,14,18H,10,12-13,15-17,19-20H2,1H3. The van der Waals surface area contributed by atoms with Gasteiger partial charge in [-0.3, -0.25) is 19.6 Å². The van der Waals surface area contributed by atoms with Gasteiger partial charge in [-0.05, 0) is 60.9 Å². The van der Waals surface area contributed by atoms with Crippen LogP contribution >= 0.6 is 11.3 Å². The van der Waals surface area contributed by atoms with Crippen molar-refractivity contribution in [2.75, 3.05) is 19.6 Å². The molecule has 5 rings (SSSR count). The number of carbonyl (C=O) groups is 2. The number of rotatable bonds is 7. The monoisotopic (exact) mass is 474 g/mol. The van der Waals surface area contributed by atoms with E-state index in [0.717, 1.165) is 31.7 Å². The van der Waals surface area contributed by atoms with Crippen LogP contribution in [0.1, 0.15) is 34.5 Å². The maximum Gasteiger partial charge on any atom is 0.328 e. The number of piperidine rings is 1. The van der Waals surface area contributed by atoms with Gasteiger partial charge in [0.15, 0.2) is 0 Å². The number of hydrogen-bond acceptors (Lipinski definition) is 5. The van der Waals surface area contributed by atoms with Gasteiger partial charge in [-0.2, -0.15) is 0 Å². The van der Waals surface area contributed by atoms with Gasteiger partial charge in [0.1, 0.15) is 5.54 Å². The summed E-state index contributed by atoms with van der Waals surface area (Å²) in [6.45, 7) is 5.42. The smallest absolute Gasteiger partial charge is 0.309 e. The molecule has 0 radical (unpaired) electrons. The molecule has 2 aliphatic heterocycles. The Balaban J connectivity index is 1.36. The Kier molecular flexibility index (Phi) is 6.48. The molecule has 0 N–H and O–H groups in total. The Bertz CT molecular complexity index is 1140. The number of thiophene rings is 1. The molecule has 2 aromatic heterocycles. The molecular weight excluding hydrogens is 444 g/mol. The minimum Gasteiger partial charge on any atom is -0.309 e. The zero-order valence-electron chi connectivity index (χ0n) is 19.5. The molecule has 0 bridgehead atoms. The molecule has 0 unspecified atom stereocenters. The second kappa shape index (κ2) is 9.68. The first-order chi connectivity index (χ1) is 16.6. The summed E-state index contributed by atoms with van der Waals surface area (Å²) >= 11 is 1.79. The third kappa shape index (κ3) is 4.38. The van der Waals surface area contributed by atoms with Crippen LogP contribution in [0.4, 0.5) is 4.79 Å². The van der Waals surface area contributed by atoms with E-state index in [1.54, 1.807) is 17.5 Å². The molecule has 7 heteroatoms. The van der Waals surface area contributed by atoms with E-state index in [2.05, 4.69) is 40.4 Å². The average Bonchev–Trinajstić information content (AvgIpc) is 3.35. The van der Waals surface area contributed by atoms with Crippen molar-refractivity contribution in [3.8, 4) is 0 Å². The van der Waals surface area contributed by atoms with E-state index in [4.69, 9.17) is 0 Å². The second-order valence-corrected chi connectivity index (χ2v) is 10.2. The van der Waals surface area contributed by atoms with Crippen LogP contribution < -0.4 is 0 Å². The highest BCUT2D eigenvalue weighted by Gasteiger charge is 2.57. The number of urea groups is 1. The van der Waals surface area contributed by atoms with Gasteiger partial charge in [-0.25, -0.2) is 4.79 Å². The third-order valence-corrected chi connectivity index (χ3v) is 8.16. The fourth-order valence-corrected chi connectivity index (χ4v) is 6.05. The molecule has 0 atom stereocenters. The van der Waals surface area contributed by atoms with Crippen LogP contribution in [0.2, 0.25) is 0 Å². The van der Waals surface area contributed by atoms with Crippen LogP contribution in [-0.4, -0.2) is 56.8 Å². The Morgan fingerprint density at radius 1 is 0.971 bits per heavy atom. The highest BCUT2D eigenvalue weighted by atomic mass is 32.1. The maximum absolute atomic E-state index is 13.8. The minimum atomic E-state index is -0.762. The summed E-state index contributed by atoms with van der Waals surface area (Å²) in [5.41, 5.74) is 2.46. The van der Waals surface area contributed by atoms with Crippen LogP contribution in [0.15, 0.2) is 66.2 Å². The molecule has 3 amide bonds. The lowest BCUT2D eigenvalue weighted by atomic mass is 9.85. The number of benzene rings is 1. The van der Waals surface area contributed by atoms with Crippen LogP contribution in [0.5, 0.6) is 0 Å². The highest BCUT2D eigenvalue weighted by Crippen LogP contribution is 2.38. The fourth-order valence-electron chi connectivity index (χ4n) is 5.10. The van der Waals surface area contributed by atoms with Crippen LogP contribution in [0.3, 0.4) is 0 Å². The van der Waals surface area contributed by atoms with E-state index >= 15 is 0 Å². The van der Waals surface area contributed by atoms with Gasteiger partial charge in [0.25, 0.3) is 5.91 Å². The topological polar surface area (TPSA) is 56.8 Å². The maximum atomic E-state index is 13.8. The van der Waals surface area contributed by atoms with Gasteiger partial charge in [0.05, 0.1) is 12.2 Å². The van der Waals surface area contributed by atoms with E-state index in [1.165, 1.54) is 20.9 Å². The minimum absolute atomic E-state index is 0.0665. The van der Waals surface area contributed by atoms with E-state index in [9.17, 15) is 9.59 Å². The van der Waals surface area contributed by atoms with Crippen molar-refractivity contribution < 1.29 is 9.59 Å². The molecule has 0 saturated carbocycles. The Hall–Kier alpha value is -3.03. The number of amides is 3. The number of hydrogen-bond donors (Lipinski definition) is 0. The largest absolute Gasteiger partial charge is 0.328 e. The number of pyridine rings is 1. The first-order valence-corrected chi connectivity index (χ1v) is 12.8. The molecule has 3 aromatic rings. The number of aryl methyl sites for hydroxylation is 1. The summed E-state index contributed by atoms with van der Waals surface area (Å²) in [7, 11) is 0. The number of carbonyl (C=O) groups excluding carboxylic acids is 2. The third-order valence-electron chi connectivity index (χ3n) is 7.15. The molecule has 34 heavy (non-hydrogen) atoms. The van der Waals surface area contributed by atoms with Gasteiger partial charge in [-0.1, -0.05) is 36.4 Å². The Morgan fingerprint density at radius 3 is 2.41 bits per heavy atom. The lowest BCUT2D eigenvalue weighted by Crippen LogP contribution is -2.56. The van der Waals surface area contributed by atoms with E-state index in [-0.39, 0.29) is 18.5 Å². The van der Waals surface area contributed by atoms with Gasteiger partial charge in [0.2, 0.25) is 0 Å². The molecule has 2 fully saturated rings. The molecule has 1 spiro atoms. The van der Waals surface area contributed by atoms with Crippen LogP contribution in [0, 0.1) is 6.92 Å². The molecule has 0 aliphatic carbocycles. The lowest BCUT2D eigenvalue weighted by Gasteiger charge is -2.42. The van der Waals surface area contributed by atoms with E-state index in [1.807, 2.05) is 41.3 Å². The summed E-state index contributed by atoms with van der Waals surface area (Å²) in [6.07, 6.45) is 3.76. The van der Waals surface area contributed by atoms with Gasteiger partial charge < -0.3 is 4.90 Å². The van der Waals surface area contributed by atoms with E-state index < -0.39 is 5.54 Å². The fraction of sp³-hybridized carbons (Fsp3) is 0.370. The summed E-state index contributed by atoms with van der Waals surface area (Å²) in [5.74, 6) is -0.0665. The summed E-state index contributed by atoms with van der Waals surface area (Å²) in [5, 5.41) is 2.13. The van der Waals surface area contributed by atoms with Crippen molar-refractivity contribution in [1.29, 1.82) is 0 Å². The van der Waals surface area contributed by atoms with Crippen molar-refractivity contribution in [3.05, 3.63) is 87.9 Å². The number of likely N-dealkylation sites (tertiary alicyclic amines) is 1. The molecule has 2 saturated heterocycles. The molecule has 1 aromatic carbocycles. The van der Waals surface area contributed by atoms with Crippen LogP contribution in [0.25, 0.3) is 0 Å². The van der Waals surface area contributed by atoms with Gasteiger partial charge in [0, 0.05) is 37.3 Å².